The highest BCUT2D eigenvalue weighted by Crippen LogP contribution is 2.21. The van der Waals surface area contributed by atoms with Gasteiger partial charge in [0.1, 0.15) is 11.5 Å². The lowest BCUT2D eigenvalue weighted by atomic mass is 10.1. The van der Waals surface area contributed by atoms with Crippen LogP contribution in [-0.2, 0) is 4.79 Å². The fraction of sp³-hybridized carbons (Fsp3) is 0.263. The number of benzene rings is 2. The van der Waals surface area contributed by atoms with Gasteiger partial charge < -0.3 is 9.47 Å². The predicted octanol–water partition coefficient (Wildman–Crippen LogP) is 3.15. The van der Waals surface area contributed by atoms with Crippen LogP contribution in [0.2, 0.25) is 0 Å². The van der Waals surface area contributed by atoms with Gasteiger partial charge in [0.2, 0.25) is 0 Å². The van der Waals surface area contributed by atoms with Crippen LogP contribution in [0.4, 0.5) is 0 Å². The number of carbonyl (C=O) groups is 2. The Bertz CT molecular complexity index is 823. The number of hydrogen-bond acceptors (Lipinski definition) is 4. The summed E-state index contributed by atoms with van der Waals surface area (Å²) in [7, 11) is 1.56. The molecule has 138 valence electrons. The van der Waals surface area contributed by atoms with Crippen molar-refractivity contribution < 1.29 is 19.1 Å². The number of methoxy groups -OCH3 is 1. The summed E-state index contributed by atoms with van der Waals surface area (Å²) in [5.41, 5.74) is 7.41. The second kappa shape index (κ2) is 8.88. The van der Waals surface area contributed by atoms with E-state index in [-0.39, 0.29) is 0 Å². The average molecular weight is 468 g/mol. The summed E-state index contributed by atoms with van der Waals surface area (Å²) in [4.78, 5) is 24.3. The van der Waals surface area contributed by atoms with Crippen LogP contribution in [-0.4, -0.2) is 25.0 Å². The van der Waals surface area contributed by atoms with Crippen LogP contribution in [0.3, 0.4) is 0 Å². The van der Waals surface area contributed by atoms with Gasteiger partial charge in [-0.2, -0.15) is 0 Å². The molecule has 0 aliphatic rings. The first-order valence-corrected chi connectivity index (χ1v) is 9.07. The minimum absolute atomic E-state index is 0.415. The minimum atomic E-state index is -0.756. The van der Waals surface area contributed by atoms with Crippen molar-refractivity contribution in [3.05, 3.63) is 56.7 Å². The lowest BCUT2D eigenvalue weighted by Crippen LogP contribution is -2.47. The Balaban J connectivity index is 1.91. The molecule has 0 aliphatic heterocycles. The Morgan fingerprint density at radius 1 is 1.04 bits per heavy atom. The molecular weight excluding hydrogens is 447 g/mol. The van der Waals surface area contributed by atoms with E-state index in [9.17, 15) is 9.59 Å². The normalized spacial score (nSPS) is 11.4. The summed E-state index contributed by atoms with van der Waals surface area (Å²) >= 11 is 2.08. The number of amides is 2. The van der Waals surface area contributed by atoms with Crippen molar-refractivity contribution in [3.8, 4) is 11.5 Å². The smallest absolute Gasteiger partial charge is 0.279 e. The molecule has 2 aromatic carbocycles. The third-order valence-corrected chi connectivity index (χ3v) is 4.72. The zero-order valence-electron chi connectivity index (χ0n) is 15.1. The van der Waals surface area contributed by atoms with Crippen molar-refractivity contribution in [2.45, 2.75) is 26.9 Å². The van der Waals surface area contributed by atoms with Crippen LogP contribution in [0.15, 0.2) is 36.4 Å². The van der Waals surface area contributed by atoms with Gasteiger partial charge in [-0.3, -0.25) is 20.4 Å². The fourth-order valence-electron chi connectivity index (χ4n) is 2.14. The first-order valence-electron chi connectivity index (χ1n) is 7.99. The van der Waals surface area contributed by atoms with Gasteiger partial charge in [0.15, 0.2) is 6.10 Å². The van der Waals surface area contributed by atoms with E-state index in [4.69, 9.17) is 9.47 Å². The highest BCUT2D eigenvalue weighted by atomic mass is 127. The number of rotatable bonds is 5. The standard InChI is InChI=1S/C19H21IN2O4/c1-11-5-7-15(9-12(11)2)26-13(3)18(23)21-22-19(24)14-6-8-17(25-4)16(20)10-14/h5-10,13H,1-4H3,(H,21,23)(H,22,24). The lowest BCUT2D eigenvalue weighted by Gasteiger charge is -2.16. The summed E-state index contributed by atoms with van der Waals surface area (Å²) in [6.07, 6.45) is -0.756. The van der Waals surface area contributed by atoms with E-state index < -0.39 is 17.9 Å². The molecule has 7 heteroatoms. The van der Waals surface area contributed by atoms with Gasteiger partial charge in [-0.1, -0.05) is 6.07 Å². The number of carbonyl (C=O) groups excluding carboxylic acids is 2. The molecule has 0 fully saturated rings. The zero-order chi connectivity index (χ0) is 19.3. The molecule has 0 radical (unpaired) electrons. The Labute approximate surface area is 166 Å². The van der Waals surface area contributed by atoms with Crippen molar-refractivity contribution in [1.82, 2.24) is 10.9 Å². The number of hydrogen-bond donors (Lipinski definition) is 2. The molecule has 0 aromatic heterocycles. The van der Waals surface area contributed by atoms with E-state index in [1.165, 1.54) is 0 Å². The van der Waals surface area contributed by atoms with E-state index >= 15 is 0 Å². The Morgan fingerprint density at radius 2 is 1.77 bits per heavy atom. The predicted molar refractivity (Wildman–Crippen MR) is 107 cm³/mol. The van der Waals surface area contributed by atoms with Gasteiger partial charge in [-0.15, -0.1) is 0 Å². The second-order valence-electron chi connectivity index (χ2n) is 5.80. The molecule has 1 unspecified atom stereocenters. The van der Waals surface area contributed by atoms with Gasteiger partial charge in [-0.25, -0.2) is 0 Å². The zero-order valence-corrected chi connectivity index (χ0v) is 17.2. The molecule has 2 N–H and O–H groups in total. The van der Waals surface area contributed by atoms with Crippen molar-refractivity contribution in [1.29, 1.82) is 0 Å². The maximum Gasteiger partial charge on any atom is 0.279 e. The number of aryl methyl sites for hydroxylation is 2. The monoisotopic (exact) mass is 468 g/mol. The molecular formula is C19H21IN2O4. The van der Waals surface area contributed by atoms with Crippen LogP contribution in [0, 0.1) is 17.4 Å². The molecule has 0 bridgehead atoms. The van der Waals surface area contributed by atoms with Crippen molar-refractivity contribution in [2.75, 3.05) is 7.11 Å². The average Bonchev–Trinajstić information content (AvgIpc) is 2.62. The summed E-state index contributed by atoms with van der Waals surface area (Å²) in [5, 5.41) is 0. The molecule has 0 heterocycles. The van der Waals surface area contributed by atoms with Gasteiger partial charge in [0.05, 0.1) is 10.7 Å². The van der Waals surface area contributed by atoms with Crippen molar-refractivity contribution in [3.63, 3.8) is 0 Å². The molecule has 26 heavy (non-hydrogen) atoms. The van der Waals surface area contributed by atoms with E-state index in [1.807, 2.05) is 32.0 Å². The van der Waals surface area contributed by atoms with Crippen molar-refractivity contribution in [2.24, 2.45) is 0 Å². The molecule has 0 aliphatic carbocycles. The largest absolute Gasteiger partial charge is 0.496 e. The number of ether oxygens (including phenoxy) is 2. The Kier molecular flexibility index (Phi) is 6.84. The topological polar surface area (TPSA) is 76.7 Å². The summed E-state index contributed by atoms with van der Waals surface area (Å²) in [6, 6.07) is 10.6. The summed E-state index contributed by atoms with van der Waals surface area (Å²) in [6.45, 7) is 5.60. The summed E-state index contributed by atoms with van der Waals surface area (Å²) in [5.74, 6) is 0.422. The molecule has 6 nitrogen and oxygen atoms in total. The highest BCUT2D eigenvalue weighted by Gasteiger charge is 2.16. The maximum absolute atomic E-state index is 12.2. The van der Waals surface area contributed by atoms with E-state index in [0.29, 0.717) is 17.1 Å². The van der Waals surface area contributed by atoms with E-state index in [0.717, 1.165) is 14.7 Å². The minimum Gasteiger partial charge on any atom is -0.496 e. The number of hydrazine groups is 1. The van der Waals surface area contributed by atoms with Gasteiger partial charge in [-0.05, 0) is 84.8 Å². The molecule has 1 atom stereocenters. The third kappa shape index (κ3) is 5.10. The Morgan fingerprint density at radius 3 is 2.38 bits per heavy atom. The van der Waals surface area contributed by atoms with Crippen LogP contribution >= 0.6 is 22.6 Å². The summed E-state index contributed by atoms with van der Waals surface area (Å²) < 4.78 is 11.6. The Hall–Kier alpha value is -2.29. The molecule has 0 saturated heterocycles. The third-order valence-electron chi connectivity index (χ3n) is 3.87. The molecule has 2 amide bonds. The van der Waals surface area contributed by atoms with Crippen LogP contribution < -0.4 is 20.3 Å². The number of nitrogens with one attached hydrogen (secondary N) is 2. The van der Waals surface area contributed by atoms with Crippen LogP contribution in [0.1, 0.15) is 28.4 Å². The quantitative estimate of drug-likeness (QED) is 0.523. The number of halogens is 1. The maximum atomic E-state index is 12.2. The fourth-order valence-corrected chi connectivity index (χ4v) is 2.88. The second-order valence-corrected chi connectivity index (χ2v) is 6.96. The first-order chi connectivity index (χ1) is 12.3. The van der Waals surface area contributed by atoms with Crippen LogP contribution in [0.25, 0.3) is 0 Å². The molecule has 0 saturated carbocycles. The van der Waals surface area contributed by atoms with Gasteiger partial charge in [0.25, 0.3) is 11.8 Å². The lowest BCUT2D eigenvalue weighted by molar-refractivity contribution is -0.128. The molecule has 2 aromatic rings. The van der Waals surface area contributed by atoms with Gasteiger partial charge >= 0.3 is 0 Å². The highest BCUT2D eigenvalue weighted by molar-refractivity contribution is 14.1. The van der Waals surface area contributed by atoms with E-state index in [2.05, 4.69) is 33.4 Å². The van der Waals surface area contributed by atoms with Crippen molar-refractivity contribution >= 4 is 34.4 Å². The molecule has 2 rings (SSSR count). The van der Waals surface area contributed by atoms with E-state index in [1.54, 1.807) is 32.2 Å². The SMILES string of the molecule is COc1ccc(C(=O)NNC(=O)C(C)Oc2ccc(C)c(C)c2)cc1I. The first kappa shape index (κ1) is 20.0. The molecule has 0 spiro atoms. The van der Waals surface area contributed by atoms with Crippen LogP contribution in [0.5, 0.6) is 11.5 Å². The van der Waals surface area contributed by atoms with Gasteiger partial charge in [0, 0.05) is 5.56 Å².